The molecule has 180 valence electrons. The molecule has 2 heterocycles. The topological polar surface area (TPSA) is 176 Å². The van der Waals surface area contributed by atoms with Crippen molar-refractivity contribution in [2.75, 3.05) is 26.0 Å². The Bertz CT molecular complexity index is 614. The van der Waals surface area contributed by atoms with Crippen LogP contribution < -0.4 is 10.6 Å². The van der Waals surface area contributed by atoms with Gasteiger partial charge >= 0.3 is 0 Å². The van der Waals surface area contributed by atoms with E-state index in [2.05, 4.69) is 23.3 Å². The standard InChI is InChI=1S/C18H32N2O10S/c1-7-11(23)13(25)18(29-14(7)16(26)19-4-5-31)30-15-10(20-8(2)22)17(27-3)28-9(6-21)12(15)24/h7,9-15,17-18,21,23-25,31H,4-6H2,1-3H3,(H,19,26)(H,20,22)/t7-,9?,10?,11-,12-,13?,14?,15?,17?,18+/m1/s1. The number of aliphatic hydroxyl groups is 4. The summed E-state index contributed by atoms with van der Waals surface area (Å²) in [6, 6.07) is -1.04. The highest BCUT2D eigenvalue weighted by Crippen LogP contribution is 2.31. The molecule has 0 spiro atoms. The van der Waals surface area contributed by atoms with Crippen LogP contribution in [0.2, 0.25) is 0 Å². The minimum absolute atomic E-state index is 0.273. The fourth-order valence-electron chi connectivity index (χ4n) is 3.67. The Morgan fingerprint density at radius 2 is 1.77 bits per heavy atom. The van der Waals surface area contributed by atoms with Crippen molar-refractivity contribution in [3.05, 3.63) is 0 Å². The average molecular weight is 469 g/mol. The third kappa shape index (κ3) is 6.06. The minimum atomic E-state index is -1.55. The Labute approximate surface area is 185 Å². The summed E-state index contributed by atoms with van der Waals surface area (Å²) in [5.74, 6) is -1.35. The van der Waals surface area contributed by atoms with Crippen molar-refractivity contribution in [2.45, 2.75) is 69.1 Å². The number of hydrogen-bond acceptors (Lipinski definition) is 11. The van der Waals surface area contributed by atoms with Crippen molar-refractivity contribution in [1.82, 2.24) is 10.6 Å². The third-order valence-electron chi connectivity index (χ3n) is 5.34. The molecule has 0 bridgehead atoms. The molecule has 31 heavy (non-hydrogen) atoms. The summed E-state index contributed by atoms with van der Waals surface area (Å²) in [5.41, 5.74) is 0. The molecule has 0 aliphatic carbocycles. The van der Waals surface area contributed by atoms with E-state index in [9.17, 15) is 30.0 Å². The number of amides is 2. The largest absolute Gasteiger partial charge is 0.394 e. The van der Waals surface area contributed by atoms with Gasteiger partial charge in [0.25, 0.3) is 0 Å². The van der Waals surface area contributed by atoms with Gasteiger partial charge in [-0.1, -0.05) is 6.92 Å². The molecule has 2 saturated heterocycles. The van der Waals surface area contributed by atoms with Crippen LogP contribution in [0.4, 0.5) is 0 Å². The summed E-state index contributed by atoms with van der Waals surface area (Å²) in [7, 11) is 1.31. The summed E-state index contributed by atoms with van der Waals surface area (Å²) < 4.78 is 22.1. The van der Waals surface area contributed by atoms with Gasteiger partial charge in [0.1, 0.15) is 36.6 Å². The number of carbonyl (C=O) groups excluding carboxylic acids is 2. The summed E-state index contributed by atoms with van der Waals surface area (Å²) in [6.07, 6.45) is -10.5. The number of methoxy groups -OCH3 is 1. The summed E-state index contributed by atoms with van der Waals surface area (Å²) in [6.45, 7) is 2.49. The fraction of sp³-hybridized carbons (Fsp3) is 0.889. The normalized spacial score (nSPS) is 40.9. The molecule has 6 N–H and O–H groups in total. The van der Waals surface area contributed by atoms with Gasteiger partial charge in [-0.15, -0.1) is 0 Å². The summed E-state index contributed by atoms with van der Waals surface area (Å²) >= 11 is 4.03. The maximum Gasteiger partial charge on any atom is 0.249 e. The van der Waals surface area contributed by atoms with Crippen LogP contribution in [0.1, 0.15) is 13.8 Å². The van der Waals surface area contributed by atoms with Crippen LogP contribution in [-0.2, 0) is 28.5 Å². The second-order valence-corrected chi connectivity index (χ2v) is 8.01. The second kappa shape index (κ2) is 11.7. The minimum Gasteiger partial charge on any atom is -0.394 e. The van der Waals surface area contributed by atoms with Crippen molar-refractivity contribution in [2.24, 2.45) is 5.92 Å². The van der Waals surface area contributed by atoms with Crippen molar-refractivity contribution >= 4 is 24.4 Å². The zero-order valence-electron chi connectivity index (χ0n) is 17.6. The predicted octanol–water partition coefficient (Wildman–Crippen LogP) is -3.27. The number of nitrogens with one attached hydrogen (secondary N) is 2. The fourth-order valence-corrected chi connectivity index (χ4v) is 3.78. The number of thiol groups is 1. The molecule has 12 nitrogen and oxygen atoms in total. The Balaban J connectivity index is 2.26. The molecule has 0 aromatic rings. The Morgan fingerprint density at radius 3 is 2.32 bits per heavy atom. The van der Waals surface area contributed by atoms with Crippen LogP contribution in [0.3, 0.4) is 0 Å². The molecular weight excluding hydrogens is 436 g/mol. The maximum atomic E-state index is 12.4. The molecule has 0 aromatic carbocycles. The van der Waals surface area contributed by atoms with E-state index < -0.39 is 79.6 Å². The van der Waals surface area contributed by atoms with E-state index in [0.717, 1.165) is 0 Å². The molecule has 2 fully saturated rings. The van der Waals surface area contributed by atoms with Crippen LogP contribution in [0.15, 0.2) is 0 Å². The van der Waals surface area contributed by atoms with Gasteiger partial charge in [-0.05, 0) is 0 Å². The first-order chi connectivity index (χ1) is 14.7. The van der Waals surface area contributed by atoms with Crippen molar-refractivity contribution in [3.63, 3.8) is 0 Å². The third-order valence-corrected chi connectivity index (χ3v) is 5.57. The number of carbonyl (C=O) groups is 2. The van der Waals surface area contributed by atoms with Crippen molar-refractivity contribution < 1.29 is 49.0 Å². The van der Waals surface area contributed by atoms with E-state index in [1.54, 1.807) is 6.92 Å². The molecule has 2 rings (SSSR count). The van der Waals surface area contributed by atoms with Crippen LogP contribution in [-0.4, -0.2) is 114 Å². The smallest absolute Gasteiger partial charge is 0.249 e. The molecule has 2 aliphatic rings. The molecule has 13 heteroatoms. The van der Waals surface area contributed by atoms with Crippen molar-refractivity contribution in [1.29, 1.82) is 0 Å². The monoisotopic (exact) mass is 468 g/mol. The zero-order valence-corrected chi connectivity index (χ0v) is 18.5. The van der Waals surface area contributed by atoms with E-state index in [1.165, 1.54) is 14.0 Å². The first kappa shape index (κ1) is 26.2. The van der Waals surface area contributed by atoms with Crippen LogP contribution in [0.25, 0.3) is 0 Å². The van der Waals surface area contributed by atoms with Gasteiger partial charge in [-0.25, -0.2) is 0 Å². The van der Waals surface area contributed by atoms with E-state index in [1.807, 2.05) is 0 Å². The lowest BCUT2D eigenvalue weighted by Crippen LogP contribution is -2.67. The van der Waals surface area contributed by atoms with Crippen LogP contribution in [0, 0.1) is 5.92 Å². The maximum absolute atomic E-state index is 12.4. The van der Waals surface area contributed by atoms with Gasteiger partial charge in [0.2, 0.25) is 11.8 Å². The van der Waals surface area contributed by atoms with Gasteiger partial charge in [0.15, 0.2) is 12.6 Å². The molecule has 10 atom stereocenters. The van der Waals surface area contributed by atoms with Gasteiger partial charge in [-0.2, -0.15) is 12.6 Å². The van der Waals surface area contributed by atoms with Gasteiger partial charge in [0.05, 0.1) is 12.7 Å². The molecule has 6 unspecified atom stereocenters. The highest BCUT2D eigenvalue weighted by atomic mass is 32.1. The van der Waals surface area contributed by atoms with Crippen molar-refractivity contribution in [3.8, 4) is 0 Å². The summed E-state index contributed by atoms with van der Waals surface area (Å²) in [4.78, 5) is 24.1. The summed E-state index contributed by atoms with van der Waals surface area (Å²) in [5, 5.41) is 46.3. The van der Waals surface area contributed by atoms with Gasteiger partial charge in [0, 0.05) is 32.2 Å². The highest BCUT2D eigenvalue weighted by Gasteiger charge is 2.51. The average Bonchev–Trinajstić information content (AvgIpc) is 2.74. The Kier molecular flexibility index (Phi) is 9.92. The predicted molar refractivity (Wildman–Crippen MR) is 108 cm³/mol. The quantitative estimate of drug-likeness (QED) is 0.179. The lowest BCUT2D eigenvalue weighted by molar-refractivity contribution is -0.332. The molecule has 0 saturated carbocycles. The van der Waals surface area contributed by atoms with E-state index in [0.29, 0.717) is 5.75 Å². The Morgan fingerprint density at radius 1 is 1.10 bits per heavy atom. The number of rotatable bonds is 8. The molecule has 0 aromatic heterocycles. The highest BCUT2D eigenvalue weighted by molar-refractivity contribution is 7.80. The van der Waals surface area contributed by atoms with Gasteiger partial charge < -0.3 is 50.0 Å². The van der Waals surface area contributed by atoms with E-state index in [-0.39, 0.29) is 6.54 Å². The molecular formula is C18H32N2O10S. The number of aliphatic hydroxyl groups excluding tert-OH is 4. The van der Waals surface area contributed by atoms with Crippen LogP contribution in [0.5, 0.6) is 0 Å². The SMILES string of the molecule is COC1OC(CO)[C@@H](O)C(O[C@@H]2OC(C(=O)NCCS)[C@H](C)[C@@H](O)C2O)C1NC(C)=O. The molecule has 2 amide bonds. The van der Waals surface area contributed by atoms with E-state index in [4.69, 9.17) is 18.9 Å². The van der Waals surface area contributed by atoms with Crippen LogP contribution >= 0.6 is 12.6 Å². The second-order valence-electron chi connectivity index (χ2n) is 7.56. The first-order valence-electron chi connectivity index (χ1n) is 9.96. The first-order valence-corrected chi connectivity index (χ1v) is 10.6. The zero-order chi connectivity index (χ0) is 23.3. The lowest BCUT2D eigenvalue weighted by Gasteiger charge is -2.47. The Hall–Kier alpha value is -1.03. The van der Waals surface area contributed by atoms with E-state index >= 15 is 0 Å². The number of hydrogen-bond donors (Lipinski definition) is 7. The molecule has 2 aliphatic heterocycles. The number of ether oxygens (including phenoxy) is 4. The lowest BCUT2D eigenvalue weighted by atomic mass is 9.89. The van der Waals surface area contributed by atoms with Gasteiger partial charge in [-0.3, -0.25) is 9.59 Å². The molecule has 0 radical (unpaired) electrons.